The van der Waals surface area contributed by atoms with E-state index >= 15 is 0 Å². The van der Waals surface area contributed by atoms with Gasteiger partial charge in [0.05, 0.1) is 0 Å². The van der Waals surface area contributed by atoms with E-state index in [1.807, 2.05) is 0 Å². The Morgan fingerprint density at radius 2 is 1.91 bits per heavy atom. The van der Waals surface area contributed by atoms with Crippen molar-refractivity contribution >= 4 is 21.4 Å². The molecule has 0 saturated carbocycles. The summed E-state index contributed by atoms with van der Waals surface area (Å²) in [6.45, 7) is -0.372. The molecule has 0 aliphatic carbocycles. The van der Waals surface area contributed by atoms with Gasteiger partial charge in [0, 0.05) is 11.4 Å². The Balaban J connectivity index is 2.16. The Labute approximate surface area is 134 Å². The number of halogens is 3. The van der Waals surface area contributed by atoms with E-state index in [1.54, 1.807) is 17.5 Å². The second-order valence-corrected chi connectivity index (χ2v) is 7.09. The Morgan fingerprint density at radius 1 is 1.22 bits per heavy atom. The number of benzene rings is 1. The Kier molecular flexibility index (Phi) is 5.30. The first-order valence-corrected chi connectivity index (χ1v) is 8.61. The molecule has 5 nitrogen and oxygen atoms in total. The molecule has 0 saturated heterocycles. The summed E-state index contributed by atoms with van der Waals surface area (Å²) in [4.78, 5) is -0.122. The minimum atomic E-state index is -5.01. The standard InChI is InChI=1S/C13H12F3NO4S2/c14-13(15,16)21-10-4-1-2-6-12(10)23(19,20)17-8-9(18)11-5-3-7-22-11/h1-7,9,17-18H,8H2/t9-/m0/s1. The van der Waals surface area contributed by atoms with Gasteiger partial charge in [0.25, 0.3) is 0 Å². The van der Waals surface area contributed by atoms with Crippen molar-refractivity contribution in [2.75, 3.05) is 6.54 Å². The molecule has 1 heterocycles. The summed E-state index contributed by atoms with van der Waals surface area (Å²) in [5.74, 6) is -0.835. The zero-order valence-corrected chi connectivity index (χ0v) is 13.1. The van der Waals surface area contributed by atoms with Crippen molar-refractivity contribution < 1.29 is 31.4 Å². The summed E-state index contributed by atoms with van der Waals surface area (Å²) in [6, 6.07) is 7.68. The van der Waals surface area contributed by atoms with Gasteiger partial charge < -0.3 is 9.84 Å². The van der Waals surface area contributed by atoms with Gasteiger partial charge >= 0.3 is 6.36 Å². The van der Waals surface area contributed by atoms with Crippen LogP contribution in [0.15, 0.2) is 46.7 Å². The molecular weight excluding hydrogens is 355 g/mol. The van der Waals surface area contributed by atoms with E-state index in [2.05, 4.69) is 9.46 Å². The number of para-hydroxylation sites is 1. The van der Waals surface area contributed by atoms with Gasteiger partial charge in [0.1, 0.15) is 16.7 Å². The molecule has 23 heavy (non-hydrogen) atoms. The monoisotopic (exact) mass is 367 g/mol. The normalized spacial score (nSPS) is 13.7. The number of sulfonamides is 1. The van der Waals surface area contributed by atoms with Crippen LogP contribution in [0.25, 0.3) is 0 Å². The van der Waals surface area contributed by atoms with E-state index < -0.39 is 33.1 Å². The lowest BCUT2D eigenvalue weighted by atomic mass is 10.3. The average molecular weight is 367 g/mol. The molecule has 0 radical (unpaired) electrons. The molecule has 0 fully saturated rings. The maximum absolute atomic E-state index is 12.3. The minimum absolute atomic E-state index is 0.372. The van der Waals surface area contributed by atoms with E-state index in [0.29, 0.717) is 4.88 Å². The third-order valence-corrected chi connectivity index (χ3v) is 5.14. The second-order valence-electron chi connectivity index (χ2n) is 4.38. The third-order valence-electron chi connectivity index (χ3n) is 2.70. The Morgan fingerprint density at radius 3 is 2.52 bits per heavy atom. The Bertz CT molecular complexity index is 745. The van der Waals surface area contributed by atoms with E-state index in [4.69, 9.17) is 0 Å². The summed E-state index contributed by atoms with van der Waals surface area (Å²) in [5.41, 5.74) is 0. The molecule has 2 rings (SSSR count). The van der Waals surface area contributed by atoms with E-state index in [1.165, 1.54) is 23.5 Å². The minimum Gasteiger partial charge on any atom is -0.404 e. The largest absolute Gasteiger partial charge is 0.573 e. The topological polar surface area (TPSA) is 75.6 Å². The van der Waals surface area contributed by atoms with Gasteiger partial charge in [0.15, 0.2) is 0 Å². The highest BCUT2D eigenvalue weighted by molar-refractivity contribution is 7.89. The lowest BCUT2D eigenvalue weighted by molar-refractivity contribution is -0.275. The van der Waals surface area contributed by atoms with E-state index in [0.717, 1.165) is 12.1 Å². The fraction of sp³-hybridized carbons (Fsp3) is 0.231. The predicted octanol–water partition coefficient (Wildman–Crippen LogP) is 2.66. The summed E-state index contributed by atoms with van der Waals surface area (Å²) in [6.07, 6.45) is -6.11. The van der Waals surface area contributed by atoms with Crippen LogP contribution in [-0.2, 0) is 10.0 Å². The first-order chi connectivity index (χ1) is 10.7. The van der Waals surface area contributed by atoms with Crippen LogP contribution in [-0.4, -0.2) is 26.4 Å². The highest BCUT2D eigenvalue weighted by atomic mass is 32.2. The molecular formula is C13H12F3NO4S2. The lowest BCUT2D eigenvalue weighted by Crippen LogP contribution is -2.29. The van der Waals surface area contributed by atoms with Crippen LogP contribution in [0, 0.1) is 0 Å². The number of hydrogen-bond acceptors (Lipinski definition) is 5. The van der Waals surface area contributed by atoms with Crippen molar-refractivity contribution in [3.63, 3.8) is 0 Å². The number of ether oxygens (including phenoxy) is 1. The van der Waals surface area contributed by atoms with Crippen LogP contribution >= 0.6 is 11.3 Å². The molecule has 0 amide bonds. The van der Waals surface area contributed by atoms with Crippen molar-refractivity contribution in [3.8, 4) is 5.75 Å². The molecule has 0 spiro atoms. The SMILES string of the molecule is O=S(=O)(NC[C@H](O)c1cccs1)c1ccccc1OC(F)(F)F. The number of rotatable bonds is 6. The van der Waals surface area contributed by atoms with Crippen LogP contribution in [0.1, 0.15) is 11.0 Å². The summed E-state index contributed by atoms with van der Waals surface area (Å²) in [5, 5.41) is 11.6. The van der Waals surface area contributed by atoms with E-state index in [9.17, 15) is 26.7 Å². The highest BCUT2D eigenvalue weighted by Crippen LogP contribution is 2.29. The van der Waals surface area contributed by atoms with Crippen LogP contribution in [0.5, 0.6) is 5.75 Å². The van der Waals surface area contributed by atoms with Crippen LogP contribution in [0.3, 0.4) is 0 Å². The zero-order chi connectivity index (χ0) is 17.1. The first kappa shape index (κ1) is 17.7. The fourth-order valence-corrected chi connectivity index (χ4v) is 3.61. The number of hydrogen-bond donors (Lipinski definition) is 2. The molecule has 1 aromatic carbocycles. The number of nitrogens with one attached hydrogen (secondary N) is 1. The molecule has 0 unspecified atom stereocenters. The maximum atomic E-state index is 12.3. The molecule has 126 valence electrons. The van der Waals surface area contributed by atoms with Crippen molar-refractivity contribution in [2.45, 2.75) is 17.4 Å². The van der Waals surface area contributed by atoms with Gasteiger partial charge in [-0.3, -0.25) is 0 Å². The molecule has 1 aromatic heterocycles. The highest BCUT2D eigenvalue weighted by Gasteiger charge is 2.34. The Hall–Kier alpha value is -1.62. The second kappa shape index (κ2) is 6.87. The molecule has 10 heteroatoms. The summed E-state index contributed by atoms with van der Waals surface area (Å²) in [7, 11) is -4.28. The molecule has 0 aliphatic heterocycles. The maximum Gasteiger partial charge on any atom is 0.573 e. The number of aliphatic hydroxyl groups is 1. The lowest BCUT2D eigenvalue weighted by Gasteiger charge is -2.15. The number of alkyl halides is 3. The van der Waals surface area contributed by atoms with Crippen molar-refractivity contribution in [1.29, 1.82) is 0 Å². The predicted molar refractivity (Wildman–Crippen MR) is 77.6 cm³/mol. The molecule has 0 bridgehead atoms. The van der Waals surface area contributed by atoms with Gasteiger partial charge in [-0.1, -0.05) is 18.2 Å². The van der Waals surface area contributed by atoms with Crippen LogP contribution in [0.4, 0.5) is 13.2 Å². The first-order valence-electron chi connectivity index (χ1n) is 6.25. The summed E-state index contributed by atoms with van der Waals surface area (Å²) < 4.78 is 67.1. The molecule has 1 atom stereocenters. The number of thiophene rings is 1. The van der Waals surface area contributed by atoms with Crippen LogP contribution < -0.4 is 9.46 Å². The van der Waals surface area contributed by atoms with Crippen LogP contribution in [0.2, 0.25) is 0 Å². The average Bonchev–Trinajstić information content (AvgIpc) is 2.98. The molecule has 2 aromatic rings. The smallest absolute Gasteiger partial charge is 0.404 e. The third kappa shape index (κ3) is 4.93. The van der Waals surface area contributed by atoms with Gasteiger partial charge in [0.2, 0.25) is 10.0 Å². The van der Waals surface area contributed by atoms with Gasteiger partial charge in [-0.2, -0.15) is 0 Å². The van der Waals surface area contributed by atoms with Crippen molar-refractivity contribution in [3.05, 3.63) is 46.7 Å². The quantitative estimate of drug-likeness (QED) is 0.823. The van der Waals surface area contributed by atoms with Crippen molar-refractivity contribution in [1.82, 2.24) is 4.72 Å². The molecule has 0 aliphatic rings. The summed E-state index contributed by atoms with van der Waals surface area (Å²) >= 11 is 1.23. The molecule has 2 N–H and O–H groups in total. The number of aliphatic hydroxyl groups excluding tert-OH is 1. The van der Waals surface area contributed by atoms with Gasteiger partial charge in [-0.15, -0.1) is 24.5 Å². The fourth-order valence-electron chi connectivity index (χ4n) is 1.73. The van der Waals surface area contributed by atoms with Crippen molar-refractivity contribution in [2.24, 2.45) is 0 Å². The van der Waals surface area contributed by atoms with Gasteiger partial charge in [-0.05, 0) is 23.6 Å². The van der Waals surface area contributed by atoms with Gasteiger partial charge in [-0.25, -0.2) is 13.1 Å². The van der Waals surface area contributed by atoms with E-state index in [-0.39, 0.29) is 6.54 Å². The zero-order valence-electron chi connectivity index (χ0n) is 11.4.